The van der Waals surface area contributed by atoms with Gasteiger partial charge >= 0.3 is 11.9 Å². The van der Waals surface area contributed by atoms with E-state index >= 15 is 0 Å². The highest BCUT2D eigenvalue weighted by Crippen LogP contribution is 2.54. The summed E-state index contributed by atoms with van der Waals surface area (Å²) in [6.45, 7) is 6.18. The van der Waals surface area contributed by atoms with Crippen molar-refractivity contribution in [3.05, 3.63) is 0 Å². The Kier molecular flexibility index (Phi) is 7.33. The number of carbonyl (C=O) groups is 2. The summed E-state index contributed by atoms with van der Waals surface area (Å²) in [5.74, 6) is -1.20. The van der Waals surface area contributed by atoms with E-state index in [9.17, 15) is 14.7 Å². The molecule has 144 valence electrons. The Bertz CT molecular complexity index is 427. The van der Waals surface area contributed by atoms with Crippen LogP contribution in [-0.2, 0) is 14.3 Å². The molecule has 0 spiro atoms. The molecule has 4 nitrogen and oxygen atoms in total. The number of carboxylic acids is 1. The molecule has 2 aliphatic carbocycles. The van der Waals surface area contributed by atoms with Gasteiger partial charge in [0.2, 0.25) is 0 Å². The Balaban J connectivity index is 2.42. The molecule has 0 bridgehead atoms. The van der Waals surface area contributed by atoms with Crippen LogP contribution in [0.3, 0.4) is 0 Å². The van der Waals surface area contributed by atoms with Gasteiger partial charge in [-0.2, -0.15) is 0 Å². The Morgan fingerprint density at radius 2 is 1.36 bits per heavy atom. The van der Waals surface area contributed by atoms with Gasteiger partial charge in [-0.3, -0.25) is 9.59 Å². The van der Waals surface area contributed by atoms with E-state index in [-0.39, 0.29) is 23.7 Å². The molecule has 25 heavy (non-hydrogen) atoms. The number of hydrogen-bond acceptors (Lipinski definition) is 3. The van der Waals surface area contributed by atoms with Crippen molar-refractivity contribution >= 4 is 11.9 Å². The molecular formula is C21H36O4. The van der Waals surface area contributed by atoms with Crippen molar-refractivity contribution in [2.24, 2.45) is 29.1 Å². The molecule has 0 aromatic carbocycles. The smallest absolute Gasteiger partial charge is 0.313 e. The van der Waals surface area contributed by atoms with Crippen LogP contribution in [0.1, 0.15) is 85.0 Å². The van der Waals surface area contributed by atoms with Crippen LogP contribution in [-0.4, -0.2) is 23.7 Å². The van der Waals surface area contributed by atoms with E-state index in [4.69, 9.17) is 4.74 Å². The highest BCUT2D eigenvalue weighted by molar-refractivity contribution is 5.85. The minimum absolute atomic E-state index is 0.148. The lowest BCUT2D eigenvalue weighted by molar-refractivity contribution is -0.182. The SMILES string of the molecule is CC(C)COC(=O)C(C1CCCCC1)(C1CCCCC1)C(C)C(=O)O. The number of aliphatic carboxylic acids is 1. The Morgan fingerprint density at radius 1 is 0.920 bits per heavy atom. The summed E-state index contributed by atoms with van der Waals surface area (Å²) >= 11 is 0. The maximum atomic E-state index is 13.4. The van der Waals surface area contributed by atoms with Crippen LogP contribution in [0.2, 0.25) is 0 Å². The summed E-state index contributed by atoms with van der Waals surface area (Å²) in [4.78, 5) is 25.5. The molecule has 0 heterocycles. The van der Waals surface area contributed by atoms with Crippen LogP contribution in [0, 0.1) is 29.1 Å². The van der Waals surface area contributed by atoms with Crippen LogP contribution in [0.15, 0.2) is 0 Å². The van der Waals surface area contributed by atoms with Gasteiger partial charge in [0, 0.05) is 0 Å². The molecule has 2 aliphatic rings. The number of ether oxygens (including phenoxy) is 1. The van der Waals surface area contributed by atoms with E-state index in [1.165, 1.54) is 12.8 Å². The molecule has 0 aromatic rings. The van der Waals surface area contributed by atoms with Gasteiger partial charge in [-0.15, -0.1) is 0 Å². The fourth-order valence-corrected chi connectivity index (χ4v) is 5.28. The van der Waals surface area contributed by atoms with Crippen molar-refractivity contribution in [1.82, 2.24) is 0 Å². The molecule has 2 rings (SSSR count). The third-order valence-electron chi connectivity index (χ3n) is 6.55. The second-order valence-electron chi connectivity index (χ2n) is 8.66. The van der Waals surface area contributed by atoms with Crippen LogP contribution in [0.5, 0.6) is 0 Å². The second-order valence-corrected chi connectivity index (χ2v) is 8.66. The Hall–Kier alpha value is -1.06. The highest BCUT2D eigenvalue weighted by atomic mass is 16.5. The molecule has 0 amide bonds. The average molecular weight is 353 g/mol. The zero-order valence-electron chi connectivity index (χ0n) is 16.3. The predicted octanol–water partition coefficient (Wildman–Crippen LogP) is 5.05. The zero-order valence-corrected chi connectivity index (χ0v) is 16.3. The van der Waals surface area contributed by atoms with Crippen LogP contribution < -0.4 is 0 Å². The fraction of sp³-hybridized carbons (Fsp3) is 0.905. The monoisotopic (exact) mass is 352 g/mol. The summed E-state index contributed by atoms with van der Waals surface area (Å²) in [6.07, 6.45) is 10.6. The first-order valence-electron chi connectivity index (χ1n) is 10.3. The van der Waals surface area contributed by atoms with E-state index < -0.39 is 17.3 Å². The fourth-order valence-electron chi connectivity index (χ4n) is 5.28. The molecule has 2 saturated carbocycles. The molecular weight excluding hydrogens is 316 g/mol. The first kappa shape index (κ1) is 20.3. The summed E-state index contributed by atoms with van der Waals surface area (Å²) in [6, 6.07) is 0. The second kappa shape index (κ2) is 9.05. The maximum absolute atomic E-state index is 13.4. The van der Waals surface area contributed by atoms with Crippen molar-refractivity contribution in [1.29, 1.82) is 0 Å². The first-order chi connectivity index (χ1) is 11.9. The lowest BCUT2D eigenvalue weighted by atomic mass is 9.53. The minimum atomic E-state index is -0.849. The maximum Gasteiger partial charge on any atom is 0.313 e. The number of carboxylic acid groups (broad SMARTS) is 1. The minimum Gasteiger partial charge on any atom is -0.481 e. The molecule has 1 N–H and O–H groups in total. The van der Waals surface area contributed by atoms with Gasteiger partial charge in [-0.25, -0.2) is 0 Å². The molecule has 2 fully saturated rings. The third kappa shape index (κ3) is 4.38. The van der Waals surface area contributed by atoms with Crippen LogP contribution >= 0.6 is 0 Å². The van der Waals surface area contributed by atoms with Crippen LogP contribution in [0.25, 0.3) is 0 Å². The average Bonchev–Trinajstić information content (AvgIpc) is 2.62. The topological polar surface area (TPSA) is 63.6 Å². The summed E-state index contributed by atoms with van der Waals surface area (Å²) in [5, 5.41) is 9.90. The van der Waals surface area contributed by atoms with E-state index in [1.807, 2.05) is 13.8 Å². The Labute approximate surface area is 152 Å². The standard InChI is InChI=1S/C21H36O4/c1-15(2)14-25-20(24)21(16(3)19(22)23,17-10-6-4-7-11-17)18-12-8-5-9-13-18/h15-18H,4-14H2,1-3H3,(H,22,23). The van der Waals surface area contributed by atoms with Gasteiger partial charge in [-0.1, -0.05) is 59.3 Å². The van der Waals surface area contributed by atoms with Crippen molar-refractivity contribution in [3.63, 3.8) is 0 Å². The van der Waals surface area contributed by atoms with Gasteiger partial charge in [0.25, 0.3) is 0 Å². The summed E-state index contributed by atoms with van der Waals surface area (Å²) in [7, 11) is 0. The van der Waals surface area contributed by atoms with E-state index in [0.29, 0.717) is 6.61 Å². The van der Waals surface area contributed by atoms with E-state index in [2.05, 4.69) is 0 Å². The number of carbonyl (C=O) groups excluding carboxylic acids is 1. The van der Waals surface area contributed by atoms with Crippen molar-refractivity contribution in [3.8, 4) is 0 Å². The number of hydrogen-bond donors (Lipinski definition) is 1. The molecule has 0 radical (unpaired) electrons. The highest BCUT2D eigenvalue weighted by Gasteiger charge is 2.58. The van der Waals surface area contributed by atoms with Gasteiger partial charge < -0.3 is 9.84 Å². The van der Waals surface area contributed by atoms with Crippen molar-refractivity contribution < 1.29 is 19.4 Å². The van der Waals surface area contributed by atoms with Crippen molar-refractivity contribution in [2.45, 2.75) is 85.0 Å². The largest absolute Gasteiger partial charge is 0.481 e. The third-order valence-corrected chi connectivity index (χ3v) is 6.55. The predicted molar refractivity (Wildman–Crippen MR) is 98.2 cm³/mol. The lowest BCUT2D eigenvalue weighted by Gasteiger charge is -2.49. The normalized spacial score (nSPS) is 21.9. The summed E-state index contributed by atoms with van der Waals surface area (Å²) in [5.41, 5.74) is -0.846. The van der Waals surface area contributed by atoms with Gasteiger partial charge in [0.05, 0.1) is 17.9 Å². The lowest BCUT2D eigenvalue weighted by Crippen LogP contribution is -2.54. The van der Waals surface area contributed by atoms with Gasteiger partial charge in [-0.05, 0) is 43.4 Å². The molecule has 1 unspecified atom stereocenters. The summed E-state index contributed by atoms with van der Waals surface area (Å²) < 4.78 is 5.74. The van der Waals surface area contributed by atoms with E-state index in [0.717, 1.165) is 51.4 Å². The van der Waals surface area contributed by atoms with E-state index in [1.54, 1.807) is 6.92 Å². The van der Waals surface area contributed by atoms with Crippen LogP contribution in [0.4, 0.5) is 0 Å². The van der Waals surface area contributed by atoms with Crippen molar-refractivity contribution in [2.75, 3.05) is 6.61 Å². The molecule has 0 aliphatic heterocycles. The van der Waals surface area contributed by atoms with Gasteiger partial charge in [0.15, 0.2) is 0 Å². The zero-order chi connectivity index (χ0) is 18.4. The van der Waals surface area contributed by atoms with Gasteiger partial charge in [0.1, 0.15) is 0 Å². The molecule has 0 saturated heterocycles. The number of esters is 1. The molecule has 4 heteroatoms. The molecule has 0 aromatic heterocycles. The molecule has 1 atom stereocenters. The number of rotatable bonds is 7. The Morgan fingerprint density at radius 3 is 1.72 bits per heavy atom. The first-order valence-corrected chi connectivity index (χ1v) is 10.3. The quantitative estimate of drug-likeness (QED) is 0.651.